The summed E-state index contributed by atoms with van der Waals surface area (Å²) >= 11 is 5.95. The average molecular weight is 169 g/mol. The second-order valence-corrected chi connectivity index (χ2v) is 4.00. The lowest BCUT2D eigenvalue weighted by atomic mass is 10.3. The van der Waals surface area contributed by atoms with Crippen molar-refractivity contribution in [1.82, 2.24) is 4.31 Å². The molecule has 0 aromatic carbocycles. The maximum absolute atomic E-state index is 4.26. The maximum atomic E-state index is 4.26. The van der Waals surface area contributed by atoms with Crippen LogP contribution in [0, 0.1) is 0 Å². The van der Waals surface area contributed by atoms with Crippen molar-refractivity contribution in [3.63, 3.8) is 0 Å². The summed E-state index contributed by atoms with van der Waals surface area (Å²) in [6.45, 7) is 0.997. The Balaban J connectivity index is 2.31. The molecule has 0 aromatic heterocycles. The molecule has 0 atom stereocenters. The van der Waals surface area contributed by atoms with Crippen LogP contribution in [0.4, 0.5) is 0 Å². The van der Waals surface area contributed by atoms with Gasteiger partial charge in [-0.15, -0.1) is 12.6 Å². The molecule has 10 heavy (non-hydrogen) atoms. The predicted molar refractivity (Wildman–Crippen MR) is 48.6 cm³/mol. The number of nitrogens with zero attached hydrogens (tertiary/aromatic N) is 1. The second kappa shape index (κ2) is 2.40. The SMILES string of the molecule is SC1=CC2=CC=CCN2S1. The van der Waals surface area contributed by atoms with Crippen molar-refractivity contribution in [1.29, 1.82) is 0 Å². The number of rotatable bonds is 0. The largest absolute Gasteiger partial charge is 0.308 e. The van der Waals surface area contributed by atoms with Crippen LogP contribution in [0.15, 0.2) is 34.2 Å². The molecule has 0 saturated carbocycles. The van der Waals surface area contributed by atoms with Gasteiger partial charge in [-0.3, -0.25) is 0 Å². The highest BCUT2D eigenvalue weighted by Gasteiger charge is 2.16. The Hall–Kier alpha value is -0.280. The Morgan fingerprint density at radius 2 is 2.50 bits per heavy atom. The maximum Gasteiger partial charge on any atom is 0.0605 e. The van der Waals surface area contributed by atoms with Gasteiger partial charge in [-0.05, 0) is 24.1 Å². The van der Waals surface area contributed by atoms with E-state index < -0.39 is 0 Å². The molecule has 0 fully saturated rings. The molecular weight excluding hydrogens is 162 g/mol. The van der Waals surface area contributed by atoms with E-state index in [1.54, 1.807) is 11.9 Å². The first kappa shape index (κ1) is 6.43. The van der Waals surface area contributed by atoms with E-state index in [1.165, 1.54) is 5.70 Å². The van der Waals surface area contributed by atoms with Crippen LogP contribution in [0.5, 0.6) is 0 Å². The molecule has 2 heterocycles. The number of allylic oxidation sites excluding steroid dienone is 3. The number of fused-ring (bicyclic) bond motifs is 1. The minimum Gasteiger partial charge on any atom is -0.308 e. The van der Waals surface area contributed by atoms with E-state index in [1.807, 2.05) is 0 Å². The predicted octanol–water partition coefficient (Wildman–Crippen LogP) is 2.18. The summed E-state index contributed by atoms with van der Waals surface area (Å²) in [6.07, 6.45) is 8.39. The van der Waals surface area contributed by atoms with Crippen LogP contribution >= 0.6 is 24.6 Å². The highest BCUT2D eigenvalue weighted by atomic mass is 32.2. The van der Waals surface area contributed by atoms with Crippen LogP contribution in [0.2, 0.25) is 0 Å². The molecule has 0 N–H and O–H groups in total. The van der Waals surface area contributed by atoms with Crippen molar-refractivity contribution in [2.24, 2.45) is 0 Å². The van der Waals surface area contributed by atoms with E-state index in [0.29, 0.717) is 0 Å². The first-order chi connectivity index (χ1) is 4.86. The number of thiol groups is 1. The number of hydrogen-bond donors (Lipinski definition) is 1. The molecule has 2 aliphatic heterocycles. The van der Waals surface area contributed by atoms with Crippen LogP contribution in [0.1, 0.15) is 0 Å². The zero-order valence-electron chi connectivity index (χ0n) is 5.32. The summed E-state index contributed by atoms with van der Waals surface area (Å²) in [5.41, 5.74) is 1.26. The third-order valence-electron chi connectivity index (χ3n) is 1.44. The van der Waals surface area contributed by atoms with Crippen LogP contribution in [0.25, 0.3) is 0 Å². The normalized spacial score (nSPS) is 22.3. The lowest BCUT2D eigenvalue weighted by molar-refractivity contribution is 0.663. The van der Waals surface area contributed by atoms with Gasteiger partial charge in [0, 0.05) is 12.2 Å². The van der Waals surface area contributed by atoms with Gasteiger partial charge in [0.25, 0.3) is 0 Å². The highest BCUT2D eigenvalue weighted by molar-refractivity contribution is 8.14. The van der Waals surface area contributed by atoms with Gasteiger partial charge in [0.1, 0.15) is 0 Å². The zero-order chi connectivity index (χ0) is 6.97. The Labute approximate surface area is 70.0 Å². The Morgan fingerprint density at radius 3 is 3.30 bits per heavy atom. The van der Waals surface area contributed by atoms with E-state index in [9.17, 15) is 0 Å². The van der Waals surface area contributed by atoms with Gasteiger partial charge in [0.05, 0.1) is 4.24 Å². The lowest BCUT2D eigenvalue weighted by Crippen LogP contribution is -2.11. The molecule has 0 spiro atoms. The third kappa shape index (κ3) is 0.995. The van der Waals surface area contributed by atoms with Crippen molar-refractivity contribution in [3.05, 3.63) is 34.2 Å². The van der Waals surface area contributed by atoms with Gasteiger partial charge in [-0.25, -0.2) is 0 Å². The molecule has 0 amide bonds. The molecule has 0 aromatic rings. The fourth-order valence-electron chi connectivity index (χ4n) is 0.988. The molecule has 52 valence electrons. The summed E-state index contributed by atoms with van der Waals surface area (Å²) in [4.78, 5) is 0. The smallest absolute Gasteiger partial charge is 0.0605 e. The van der Waals surface area contributed by atoms with Crippen molar-refractivity contribution >= 4 is 24.6 Å². The molecule has 0 unspecified atom stereocenters. The molecule has 0 radical (unpaired) electrons. The highest BCUT2D eigenvalue weighted by Crippen LogP contribution is 2.37. The van der Waals surface area contributed by atoms with Gasteiger partial charge >= 0.3 is 0 Å². The fraction of sp³-hybridized carbons (Fsp3) is 0.143. The summed E-state index contributed by atoms with van der Waals surface area (Å²) in [5.74, 6) is 0. The van der Waals surface area contributed by atoms with Crippen LogP contribution in [-0.4, -0.2) is 10.8 Å². The van der Waals surface area contributed by atoms with E-state index in [-0.39, 0.29) is 0 Å². The van der Waals surface area contributed by atoms with Crippen molar-refractivity contribution in [2.75, 3.05) is 6.54 Å². The molecule has 2 aliphatic rings. The first-order valence-electron chi connectivity index (χ1n) is 3.09. The minimum absolute atomic E-state index is 0.997. The molecule has 0 aliphatic carbocycles. The van der Waals surface area contributed by atoms with Crippen LogP contribution < -0.4 is 0 Å². The van der Waals surface area contributed by atoms with E-state index in [2.05, 4.69) is 41.2 Å². The lowest BCUT2D eigenvalue weighted by Gasteiger charge is -2.17. The van der Waals surface area contributed by atoms with Crippen molar-refractivity contribution in [3.8, 4) is 0 Å². The van der Waals surface area contributed by atoms with E-state index in [4.69, 9.17) is 0 Å². The minimum atomic E-state index is 0.997. The molecule has 2 rings (SSSR count). The Morgan fingerprint density at radius 1 is 1.60 bits per heavy atom. The molecule has 1 nitrogen and oxygen atoms in total. The molecule has 0 bridgehead atoms. The van der Waals surface area contributed by atoms with Gasteiger partial charge < -0.3 is 4.31 Å². The molecular formula is C7H7NS2. The zero-order valence-corrected chi connectivity index (χ0v) is 7.03. The Kier molecular flexibility index (Phi) is 1.54. The summed E-state index contributed by atoms with van der Waals surface area (Å²) in [5, 5.41) is 0. The van der Waals surface area contributed by atoms with Gasteiger partial charge in [-0.1, -0.05) is 12.2 Å². The third-order valence-corrected chi connectivity index (χ3v) is 2.70. The van der Waals surface area contributed by atoms with Gasteiger partial charge in [-0.2, -0.15) is 0 Å². The fourth-order valence-corrected chi connectivity index (χ4v) is 2.19. The van der Waals surface area contributed by atoms with E-state index in [0.717, 1.165) is 10.8 Å². The first-order valence-corrected chi connectivity index (χ1v) is 4.31. The second-order valence-electron chi connectivity index (χ2n) is 2.15. The van der Waals surface area contributed by atoms with Crippen molar-refractivity contribution < 1.29 is 0 Å². The average Bonchev–Trinajstić information content (AvgIpc) is 2.27. The molecule has 3 heteroatoms. The van der Waals surface area contributed by atoms with Gasteiger partial charge in [0.15, 0.2) is 0 Å². The Bertz CT molecular complexity index is 240. The number of hydrogen-bond acceptors (Lipinski definition) is 3. The summed E-state index contributed by atoms with van der Waals surface area (Å²) in [6, 6.07) is 0. The monoisotopic (exact) mass is 169 g/mol. The standard InChI is InChI=1S/C7H7NS2/c9-7-5-6-3-1-2-4-8(6)10-7/h1-3,5,9H,4H2. The topological polar surface area (TPSA) is 3.24 Å². The molecule has 0 saturated heterocycles. The quantitative estimate of drug-likeness (QED) is 0.437. The van der Waals surface area contributed by atoms with Crippen LogP contribution in [-0.2, 0) is 0 Å². The van der Waals surface area contributed by atoms with Gasteiger partial charge in [0.2, 0.25) is 0 Å². The van der Waals surface area contributed by atoms with E-state index >= 15 is 0 Å². The van der Waals surface area contributed by atoms with Crippen molar-refractivity contribution in [2.45, 2.75) is 0 Å². The van der Waals surface area contributed by atoms with Crippen LogP contribution in [0.3, 0.4) is 0 Å². The summed E-state index contributed by atoms with van der Waals surface area (Å²) < 4.78 is 3.29. The summed E-state index contributed by atoms with van der Waals surface area (Å²) in [7, 11) is 0.